The van der Waals surface area contributed by atoms with E-state index in [0.717, 1.165) is 32.1 Å². The van der Waals surface area contributed by atoms with Crippen molar-refractivity contribution in [2.24, 2.45) is 11.7 Å². The topological polar surface area (TPSA) is 75.4 Å². The molecule has 2 rings (SSSR count). The summed E-state index contributed by atoms with van der Waals surface area (Å²) >= 11 is 0. The number of carbonyl (C=O) groups is 2. The summed E-state index contributed by atoms with van der Waals surface area (Å²) in [5.41, 5.74) is 6.02. The summed E-state index contributed by atoms with van der Waals surface area (Å²) in [6.07, 6.45) is 5.05. The van der Waals surface area contributed by atoms with Gasteiger partial charge in [-0.05, 0) is 19.3 Å². The lowest BCUT2D eigenvalue weighted by molar-refractivity contribution is -0.128. The fourth-order valence-electron chi connectivity index (χ4n) is 2.90. The molecule has 0 aromatic rings. The molecular weight excluding hydrogens is 230 g/mol. The molecule has 18 heavy (non-hydrogen) atoms. The van der Waals surface area contributed by atoms with Gasteiger partial charge < -0.3 is 16.0 Å². The van der Waals surface area contributed by atoms with E-state index in [4.69, 9.17) is 5.73 Å². The largest absolute Gasteiger partial charge is 0.352 e. The molecule has 5 nitrogen and oxygen atoms in total. The van der Waals surface area contributed by atoms with Crippen LogP contribution < -0.4 is 11.1 Å². The maximum absolute atomic E-state index is 12.1. The van der Waals surface area contributed by atoms with Crippen LogP contribution in [0.5, 0.6) is 0 Å². The van der Waals surface area contributed by atoms with Gasteiger partial charge in [-0.15, -0.1) is 0 Å². The predicted molar refractivity (Wildman–Crippen MR) is 68.7 cm³/mol. The highest BCUT2D eigenvalue weighted by molar-refractivity contribution is 5.81. The first-order valence-corrected chi connectivity index (χ1v) is 6.89. The van der Waals surface area contributed by atoms with Crippen molar-refractivity contribution < 1.29 is 9.59 Å². The SMILES string of the molecule is CC(=O)N1CCC(C(=O)N[C@@H]2CCCC[C@H]2N)C1. The summed E-state index contributed by atoms with van der Waals surface area (Å²) in [7, 11) is 0. The van der Waals surface area contributed by atoms with E-state index in [1.807, 2.05) is 0 Å². The number of rotatable bonds is 2. The molecule has 0 bridgehead atoms. The Bertz CT molecular complexity index is 332. The van der Waals surface area contributed by atoms with Crippen LogP contribution in [0.25, 0.3) is 0 Å². The minimum Gasteiger partial charge on any atom is -0.352 e. The Labute approximate surface area is 108 Å². The van der Waals surface area contributed by atoms with Gasteiger partial charge >= 0.3 is 0 Å². The van der Waals surface area contributed by atoms with Gasteiger partial charge in [0.2, 0.25) is 11.8 Å². The first-order valence-electron chi connectivity index (χ1n) is 6.89. The van der Waals surface area contributed by atoms with Crippen molar-refractivity contribution in [2.75, 3.05) is 13.1 Å². The average molecular weight is 253 g/mol. The van der Waals surface area contributed by atoms with E-state index in [1.54, 1.807) is 11.8 Å². The maximum atomic E-state index is 12.1. The van der Waals surface area contributed by atoms with E-state index >= 15 is 0 Å². The number of amides is 2. The molecule has 1 aliphatic carbocycles. The molecule has 2 aliphatic rings. The zero-order valence-corrected chi connectivity index (χ0v) is 11.0. The minimum atomic E-state index is -0.0528. The highest BCUT2D eigenvalue weighted by Gasteiger charge is 2.32. The summed E-state index contributed by atoms with van der Waals surface area (Å²) in [6.45, 7) is 2.81. The molecule has 3 atom stereocenters. The molecule has 1 unspecified atom stereocenters. The lowest BCUT2D eigenvalue weighted by Crippen LogP contribution is -2.51. The van der Waals surface area contributed by atoms with Gasteiger partial charge in [0.05, 0.1) is 5.92 Å². The van der Waals surface area contributed by atoms with Crippen molar-refractivity contribution in [3.63, 3.8) is 0 Å². The van der Waals surface area contributed by atoms with Crippen molar-refractivity contribution in [2.45, 2.75) is 51.1 Å². The molecule has 1 aliphatic heterocycles. The number of likely N-dealkylation sites (tertiary alicyclic amines) is 1. The van der Waals surface area contributed by atoms with Crippen molar-refractivity contribution >= 4 is 11.8 Å². The highest BCUT2D eigenvalue weighted by Crippen LogP contribution is 2.20. The van der Waals surface area contributed by atoms with Gasteiger partial charge in [-0.2, -0.15) is 0 Å². The third kappa shape index (κ3) is 3.02. The zero-order valence-electron chi connectivity index (χ0n) is 11.0. The van der Waals surface area contributed by atoms with Crippen molar-refractivity contribution in [1.29, 1.82) is 0 Å². The Morgan fingerprint density at radius 1 is 1.22 bits per heavy atom. The normalized spacial score (nSPS) is 32.3. The lowest BCUT2D eigenvalue weighted by atomic mass is 9.90. The van der Waals surface area contributed by atoms with Gasteiger partial charge in [0, 0.05) is 32.1 Å². The molecule has 0 aromatic carbocycles. The van der Waals surface area contributed by atoms with Gasteiger partial charge in [-0.1, -0.05) is 12.8 Å². The van der Waals surface area contributed by atoms with E-state index < -0.39 is 0 Å². The van der Waals surface area contributed by atoms with Crippen LogP contribution in [0.4, 0.5) is 0 Å². The van der Waals surface area contributed by atoms with Crippen molar-refractivity contribution in [1.82, 2.24) is 10.2 Å². The number of nitrogens with zero attached hydrogens (tertiary/aromatic N) is 1. The van der Waals surface area contributed by atoms with Crippen LogP contribution in [-0.2, 0) is 9.59 Å². The lowest BCUT2D eigenvalue weighted by Gasteiger charge is -2.30. The first kappa shape index (κ1) is 13.3. The van der Waals surface area contributed by atoms with Crippen LogP contribution in [0.15, 0.2) is 0 Å². The standard InChI is InChI=1S/C13H23N3O2/c1-9(17)16-7-6-10(8-16)13(18)15-12-5-3-2-4-11(12)14/h10-12H,2-8,14H2,1H3,(H,15,18)/t10?,11-,12-/m1/s1. The second-order valence-electron chi connectivity index (χ2n) is 5.51. The monoisotopic (exact) mass is 253 g/mol. The second kappa shape index (κ2) is 5.69. The molecule has 0 spiro atoms. The smallest absolute Gasteiger partial charge is 0.225 e. The molecule has 3 N–H and O–H groups in total. The molecule has 1 saturated heterocycles. The van der Waals surface area contributed by atoms with Crippen LogP contribution in [0.2, 0.25) is 0 Å². The number of nitrogens with one attached hydrogen (secondary N) is 1. The zero-order chi connectivity index (χ0) is 13.1. The number of nitrogens with two attached hydrogens (primary N) is 1. The third-order valence-corrected chi connectivity index (χ3v) is 4.15. The Morgan fingerprint density at radius 2 is 1.94 bits per heavy atom. The summed E-state index contributed by atoms with van der Waals surface area (Å²) in [4.78, 5) is 25.1. The molecule has 1 saturated carbocycles. The average Bonchev–Trinajstić information content (AvgIpc) is 2.81. The highest BCUT2D eigenvalue weighted by atomic mass is 16.2. The van der Waals surface area contributed by atoms with Gasteiger partial charge in [-0.25, -0.2) is 0 Å². The summed E-state index contributed by atoms with van der Waals surface area (Å²) in [5.74, 6) is 0.0730. The Morgan fingerprint density at radius 3 is 2.56 bits per heavy atom. The number of hydrogen-bond donors (Lipinski definition) is 2. The quantitative estimate of drug-likeness (QED) is 0.740. The van der Waals surface area contributed by atoms with Gasteiger partial charge in [0.25, 0.3) is 0 Å². The molecule has 1 heterocycles. The molecule has 5 heteroatoms. The summed E-state index contributed by atoms with van der Waals surface area (Å²) in [6, 6.07) is 0.214. The molecule has 0 radical (unpaired) electrons. The van der Waals surface area contributed by atoms with E-state index in [1.165, 1.54) is 0 Å². The van der Waals surface area contributed by atoms with Gasteiger partial charge in [0.15, 0.2) is 0 Å². The second-order valence-corrected chi connectivity index (χ2v) is 5.51. The van der Waals surface area contributed by atoms with Crippen LogP contribution >= 0.6 is 0 Å². The van der Waals surface area contributed by atoms with E-state index in [2.05, 4.69) is 5.32 Å². The maximum Gasteiger partial charge on any atom is 0.225 e. The van der Waals surface area contributed by atoms with Crippen molar-refractivity contribution in [3.05, 3.63) is 0 Å². The molecule has 102 valence electrons. The van der Waals surface area contributed by atoms with Crippen molar-refractivity contribution in [3.8, 4) is 0 Å². The van der Waals surface area contributed by atoms with Crippen LogP contribution in [0.1, 0.15) is 39.0 Å². The Balaban J connectivity index is 1.83. The van der Waals surface area contributed by atoms with E-state index in [0.29, 0.717) is 13.1 Å². The fourth-order valence-corrected chi connectivity index (χ4v) is 2.90. The summed E-state index contributed by atoms with van der Waals surface area (Å²) in [5, 5.41) is 3.07. The Hall–Kier alpha value is -1.10. The van der Waals surface area contributed by atoms with E-state index in [-0.39, 0.29) is 29.8 Å². The molecule has 2 amide bonds. The number of carbonyl (C=O) groups excluding carboxylic acids is 2. The van der Waals surface area contributed by atoms with Gasteiger partial charge in [0.1, 0.15) is 0 Å². The first-order chi connectivity index (χ1) is 8.58. The van der Waals surface area contributed by atoms with Crippen LogP contribution in [0, 0.1) is 5.92 Å². The number of hydrogen-bond acceptors (Lipinski definition) is 3. The molecule has 2 fully saturated rings. The van der Waals surface area contributed by atoms with Gasteiger partial charge in [-0.3, -0.25) is 9.59 Å². The third-order valence-electron chi connectivity index (χ3n) is 4.15. The minimum absolute atomic E-state index is 0.0528. The predicted octanol–water partition coefficient (Wildman–Crippen LogP) is 0.241. The molecule has 0 aromatic heterocycles. The van der Waals surface area contributed by atoms with Crippen LogP contribution in [0.3, 0.4) is 0 Å². The summed E-state index contributed by atoms with van der Waals surface area (Å²) < 4.78 is 0. The fraction of sp³-hybridized carbons (Fsp3) is 0.846. The van der Waals surface area contributed by atoms with Crippen LogP contribution in [-0.4, -0.2) is 41.9 Å². The molecular formula is C13H23N3O2. The van der Waals surface area contributed by atoms with E-state index in [9.17, 15) is 9.59 Å². The Kier molecular flexibility index (Phi) is 4.22.